The summed E-state index contributed by atoms with van der Waals surface area (Å²) in [6, 6.07) is -0.163. The van der Waals surface area contributed by atoms with Crippen molar-refractivity contribution in [1.29, 1.82) is 0 Å². The van der Waals surface area contributed by atoms with Crippen molar-refractivity contribution in [3.63, 3.8) is 0 Å². The summed E-state index contributed by atoms with van der Waals surface area (Å²) in [6.45, 7) is 3.71. The number of nitrogens with one attached hydrogen (secondary N) is 2. The molecule has 2 heterocycles. The minimum atomic E-state index is -0.389. The van der Waals surface area contributed by atoms with Crippen molar-refractivity contribution in [3.8, 4) is 0 Å². The summed E-state index contributed by atoms with van der Waals surface area (Å²) in [5, 5.41) is 15.7. The Morgan fingerprint density at radius 3 is 2.56 bits per heavy atom. The summed E-state index contributed by atoms with van der Waals surface area (Å²) in [5.74, 6) is 0.327. The van der Waals surface area contributed by atoms with Crippen LogP contribution in [0.5, 0.6) is 0 Å². The van der Waals surface area contributed by atoms with E-state index < -0.39 is 0 Å². The first-order chi connectivity index (χ1) is 13.2. The molecule has 8 heteroatoms. The number of aliphatic hydroxyl groups excluding tert-OH is 1. The van der Waals surface area contributed by atoms with E-state index in [9.17, 15) is 14.7 Å². The highest BCUT2D eigenvalue weighted by molar-refractivity contribution is 5.79. The average Bonchev–Trinajstić information content (AvgIpc) is 2.62. The molecule has 3 atom stereocenters. The molecule has 0 aromatic heterocycles. The fourth-order valence-corrected chi connectivity index (χ4v) is 3.90. The predicted molar refractivity (Wildman–Crippen MR) is 99.1 cm³/mol. The molecule has 8 nitrogen and oxygen atoms in total. The first-order valence-electron chi connectivity index (χ1n) is 10.3. The molecule has 3 fully saturated rings. The highest BCUT2D eigenvalue weighted by Crippen LogP contribution is 2.26. The van der Waals surface area contributed by atoms with Crippen molar-refractivity contribution in [3.05, 3.63) is 0 Å². The van der Waals surface area contributed by atoms with Crippen LogP contribution in [-0.2, 0) is 19.1 Å². The Kier molecular flexibility index (Phi) is 7.87. The molecular formula is C19H33N3O5. The molecule has 3 rings (SSSR count). The maximum atomic E-state index is 12.3. The van der Waals surface area contributed by atoms with E-state index in [2.05, 4.69) is 15.5 Å². The zero-order valence-electron chi connectivity index (χ0n) is 16.0. The van der Waals surface area contributed by atoms with Gasteiger partial charge in [-0.2, -0.15) is 0 Å². The Bertz CT molecular complexity index is 494. The van der Waals surface area contributed by atoms with Gasteiger partial charge in [-0.1, -0.05) is 6.42 Å². The highest BCUT2D eigenvalue weighted by Gasteiger charge is 2.32. The monoisotopic (exact) mass is 383 g/mol. The number of aliphatic hydroxyl groups is 1. The quantitative estimate of drug-likeness (QED) is 0.530. The molecule has 1 aliphatic carbocycles. The van der Waals surface area contributed by atoms with E-state index in [1.165, 1.54) is 0 Å². The molecule has 0 unspecified atom stereocenters. The molecule has 0 bridgehead atoms. The lowest BCUT2D eigenvalue weighted by Gasteiger charge is -2.37. The van der Waals surface area contributed by atoms with Crippen LogP contribution in [0.25, 0.3) is 0 Å². The molecular weight excluding hydrogens is 350 g/mol. The Morgan fingerprint density at radius 2 is 1.89 bits per heavy atom. The molecule has 3 aliphatic rings. The molecule has 154 valence electrons. The van der Waals surface area contributed by atoms with E-state index in [1.54, 1.807) is 0 Å². The third-order valence-electron chi connectivity index (χ3n) is 5.85. The summed E-state index contributed by atoms with van der Waals surface area (Å²) in [6.07, 6.45) is 5.12. The van der Waals surface area contributed by atoms with Crippen LogP contribution in [0.15, 0.2) is 0 Å². The lowest BCUT2D eigenvalue weighted by molar-refractivity contribution is -0.131. The minimum Gasteiger partial charge on any atom is -0.394 e. The summed E-state index contributed by atoms with van der Waals surface area (Å²) in [7, 11) is 0. The number of carbonyl (C=O) groups is 2. The van der Waals surface area contributed by atoms with Crippen LogP contribution >= 0.6 is 0 Å². The molecule has 27 heavy (non-hydrogen) atoms. The number of hydrogen-bond donors (Lipinski definition) is 3. The molecule has 3 N–H and O–H groups in total. The van der Waals surface area contributed by atoms with E-state index in [0.29, 0.717) is 26.3 Å². The van der Waals surface area contributed by atoms with Crippen molar-refractivity contribution in [2.24, 2.45) is 5.92 Å². The van der Waals surface area contributed by atoms with Gasteiger partial charge in [-0.05, 0) is 32.1 Å². The van der Waals surface area contributed by atoms with Crippen LogP contribution in [0, 0.1) is 5.92 Å². The van der Waals surface area contributed by atoms with Crippen molar-refractivity contribution in [2.75, 3.05) is 46.0 Å². The van der Waals surface area contributed by atoms with Crippen LogP contribution in [-0.4, -0.2) is 86.1 Å². The number of ether oxygens (including phenoxy) is 2. The van der Waals surface area contributed by atoms with E-state index in [1.807, 2.05) is 0 Å². The van der Waals surface area contributed by atoms with Crippen LogP contribution in [0.4, 0.5) is 0 Å². The Balaban J connectivity index is 1.35. The van der Waals surface area contributed by atoms with Crippen molar-refractivity contribution < 1.29 is 24.2 Å². The van der Waals surface area contributed by atoms with Gasteiger partial charge in [-0.15, -0.1) is 0 Å². The zero-order valence-corrected chi connectivity index (χ0v) is 16.0. The molecule has 0 radical (unpaired) electrons. The fourth-order valence-electron chi connectivity index (χ4n) is 3.90. The molecule has 0 spiro atoms. The topological polar surface area (TPSA) is 100 Å². The standard InChI is InChI=1S/C19H33N3O5/c23-13-17-16(21-18(24)12-22-8-10-26-11-9-22)5-4-15(27-17)6-7-20-19(25)14-2-1-3-14/h14-17,23H,1-13H2,(H,20,25)(H,21,24)/t15-,16-,17-/m1/s1. The first-order valence-corrected chi connectivity index (χ1v) is 10.3. The summed E-state index contributed by atoms with van der Waals surface area (Å²) >= 11 is 0. The van der Waals surface area contributed by atoms with Crippen molar-refractivity contribution in [2.45, 2.75) is 56.8 Å². The van der Waals surface area contributed by atoms with Gasteiger partial charge < -0.3 is 25.2 Å². The Hall–Kier alpha value is -1.22. The van der Waals surface area contributed by atoms with E-state index in [4.69, 9.17) is 9.47 Å². The second kappa shape index (κ2) is 10.4. The number of amides is 2. The Labute approximate surface area is 160 Å². The maximum absolute atomic E-state index is 12.3. The van der Waals surface area contributed by atoms with Gasteiger partial charge in [0.2, 0.25) is 11.8 Å². The summed E-state index contributed by atoms with van der Waals surface area (Å²) < 4.78 is 11.3. The van der Waals surface area contributed by atoms with Gasteiger partial charge >= 0.3 is 0 Å². The zero-order chi connectivity index (χ0) is 19.1. The molecule has 1 saturated carbocycles. The van der Waals surface area contributed by atoms with Gasteiger partial charge in [-0.3, -0.25) is 14.5 Å². The lowest BCUT2D eigenvalue weighted by Crippen LogP contribution is -2.53. The third kappa shape index (κ3) is 6.14. The van der Waals surface area contributed by atoms with Crippen LogP contribution in [0.1, 0.15) is 38.5 Å². The number of hydrogen-bond acceptors (Lipinski definition) is 6. The third-order valence-corrected chi connectivity index (χ3v) is 5.85. The van der Waals surface area contributed by atoms with E-state index >= 15 is 0 Å². The van der Waals surface area contributed by atoms with Crippen LogP contribution < -0.4 is 10.6 Å². The van der Waals surface area contributed by atoms with Crippen LogP contribution in [0.2, 0.25) is 0 Å². The molecule has 0 aromatic carbocycles. The van der Waals surface area contributed by atoms with E-state index in [0.717, 1.165) is 51.6 Å². The number of rotatable bonds is 8. The van der Waals surface area contributed by atoms with Gasteiger partial charge in [0.05, 0.1) is 38.5 Å². The molecule has 2 amide bonds. The minimum absolute atomic E-state index is 0.0104. The van der Waals surface area contributed by atoms with Crippen molar-refractivity contribution >= 4 is 11.8 Å². The van der Waals surface area contributed by atoms with Gasteiger partial charge in [0.1, 0.15) is 6.10 Å². The number of nitrogens with zero attached hydrogens (tertiary/aromatic N) is 1. The molecule has 2 aliphatic heterocycles. The van der Waals surface area contributed by atoms with Gasteiger partial charge in [0.15, 0.2) is 0 Å². The SMILES string of the molecule is O=C(CN1CCOCC1)N[C@@H]1CC[C@H](CCNC(=O)C2CCC2)O[C@@H]1CO. The van der Waals surface area contributed by atoms with E-state index in [-0.39, 0.29) is 42.6 Å². The predicted octanol–water partition coefficient (Wildman–Crippen LogP) is -0.350. The number of morpholine rings is 1. The normalized spacial score (nSPS) is 29.7. The second-order valence-electron chi connectivity index (χ2n) is 7.83. The largest absolute Gasteiger partial charge is 0.394 e. The van der Waals surface area contributed by atoms with Gasteiger partial charge in [0, 0.05) is 25.6 Å². The summed E-state index contributed by atoms with van der Waals surface area (Å²) in [4.78, 5) is 26.2. The fraction of sp³-hybridized carbons (Fsp3) is 0.895. The average molecular weight is 383 g/mol. The maximum Gasteiger partial charge on any atom is 0.234 e. The van der Waals surface area contributed by atoms with Crippen LogP contribution in [0.3, 0.4) is 0 Å². The Morgan fingerprint density at radius 1 is 1.11 bits per heavy atom. The number of carbonyl (C=O) groups excluding carboxylic acids is 2. The molecule has 2 saturated heterocycles. The second-order valence-corrected chi connectivity index (χ2v) is 7.83. The summed E-state index contributed by atoms with van der Waals surface area (Å²) in [5.41, 5.74) is 0. The lowest BCUT2D eigenvalue weighted by atomic mass is 9.85. The first kappa shape index (κ1) is 20.5. The van der Waals surface area contributed by atoms with Crippen molar-refractivity contribution in [1.82, 2.24) is 15.5 Å². The molecule has 0 aromatic rings. The van der Waals surface area contributed by atoms with Gasteiger partial charge in [0.25, 0.3) is 0 Å². The van der Waals surface area contributed by atoms with Gasteiger partial charge in [-0.25, -0.2) is 0 Å². The smallest absolute Gasteiger partial charge is 0.234 e. The highest BCUT2D eigenvalue weighted by atomic mass is 16.5.